The van der Waals surface area contributed by atoms with E-state index in [1.54, 1.807) is 5.01 Å². The molecule has 1 aromatic heterocycles. The molecule has 1 aliphatic carbocycles. The summed E-state index contributed by atoms with van der Waals surface area (Å²) in [5.74, 6) is 1.99. The molecule has 2 unspecified atom stereocenters. The molecule has 2 atom stereocenters. The lowest BCUT2D eigenvalue weighted by molar-refractivity contribution is -0.149. The fourth-order valence-electron chi connectivity index (χ4n) is 5.08. The number of carbonyl (C=O) groups excluding carboxylic acids is 1. The van der Waals surface area contributed by atoms with Crippen LogP contribution in [0.3, 0.4) is 0 Å². The Morgan fingerprint density at radius 3 is 2.29 bits per heavy atom. The molecule has 8 nitrogen and oxygen atoms in total. The SMILES string of the molecule is CCN(C)N(Cc1ncc(-c2ccc(-c3ccc(/C(=C/N=CCN(C)C4CC4C)NC)cc3)cc2)[nH]1)C(=O)CC(C)C. The van der Waals surface area contributed by atoms with Crippen molar-refractivity contribution in [3.63, 3.8) is 0 Å². The summed E-state index contributed by atoms with van der Waals surface area (Å²) >= 11 is 0. The van der Waals surface area contributed by atoms with Crippen LogP contribution in [0.25, 0.3) is 28.1 Å². The van der Waals surface area contributed by atoms with Gasteiger partial charge in [0.1, 0.15) is 5.82 Å². The molecule has 1 aliphatic rings. The molecule has 1 fully saturated rings. The minimum Gasteiger partial charge on any atom is -0.386 e. The van der Waals surface area contributed by atoms with Crippen molar-refractivity contribution in [1.82, 2.24) is 30.2 Å². The maximum atomic E-state index is 12.8. The standard InChI is InChI=1S/C34H47N7O/c1-8-40(7)41(34(42)19-24(2)3)23-33-37-22-31(38-33)29-15-11-27(12-16-29)26-9-13-28(14-10-26)30(35-5)21-36-17-18-39(6)32-20-25(32)4/h9-17,21-22,24-25,32,35H,8,18-20,23H2,1-7H3,(H,37,38)/b30-21-,36-17?. The number of aromatic amines is 1. The van der Waals surface area contributed by atoms with E-state index in [9.17, 15) is 4.79 Å². The normalized spacial score (nSPS) is 17.0. The van der Waals surface area contributed by atoms with E-state index in [0.29, 0.717) is 24.9 Å². The number of hydrazine groups is 1. The number of hydrogen-bond acceptors (Lipinski definition) is 6. The van der Waals surface area contributed by atoms with Crippen molar-refractivity contribution in [3.05, 3.63) is 72.3 Å². The fourth-order valence-corrected chi connectivity index (χ4v) is 5.08. The molecular weight excluding hydrogens is 522 g/mol. The Labute approximate surface area is 251 Å². The van der Waals surface area contributed by atoms with Crippen molar-refractivity contribution in [1.29, 1.82) is 0 Å². The van der Waals surface area contributed by atoms with Gasteiger partial charge in [0.25, 0.3) is 0 Å². The molecule has 1 heterocycles. The van der Waals surface area contributed by atoms with E-state index >= 15 is 0 Å². The number of rotatable bonds is 14. The lowest BCUT2D eigenvalue weighted by Gasteiger charge is -2.31. The lowest BCUT2D eigenvalue weighted by Crippen LogP contribution is -2.44. The first-order valence-electron chi connectivity index (χ1n) is 15.1. The number of carbonyl (C=O) groups is 1. The number of aliphatic imine (C=N–C) groups is 1. The van der Waals surface area contributed by atoms with E-state index in [-0.39, 0.29) is 5.91 Å². The van der Waals surface area contributed by atoms with Gasteiger partial charge in [0.15, 0.2) is 0 Å². The van der Waals surface area contributed by atoms with Gasteiger partial charge in [-0.25, -0.2) is 9.99 Å². The third-order valence-corrected chi connectivity index (χ3v) is 7.97. The number of amides is 1. The number of aromatic nitrogens is 2. The quantitative estimate of drug-likeness (QED) is 0.186. The molecule has 224 valence electrons. The van der Waals surface area contributed by atoms with Crippen molar-refractivity contribution < 1.29 is 4.79 Å². The van der Waals surface area contributed by atoms with Crippen LogP contribution < -0.4 is 5.32 Å². The summed E-state index contributed by atoms with van der Waals surface area (Å²) in [5.41, 5.74) is 6.36. The zero-order valence-corrected chi connectivity index (χ0v) is 26.3. The summed E-state index contributed by atoms with van der Waals surface area (Å²) in [4.78, 5) is 27.7. The molecule has 1 saturated carbocycles. The summed E-state index contributed by atoms with van der Waals surface area (Å²) < 4.78 is 0. The van der Waals surface area contributed by atoms with E-state index in [1.165, 1.54) is 6.42 Å². The van der Waals surface area contributed by atoms with Gasteiger partial charge in [-0.15, -0.1) is 0 Å². The van der Waals surface area contributed by atoms with E-state index < -0.39 is 0 Å². The number of nitrogens with zero attached hydrogens (tertiary/aromatic N) is 5. The first-order chi connectivity index (χ1) is 20.2. The predicted molar refractivity (Wildman–Crippen MR) is 173 cm³/mol. The highest BCUT2D eigenvalue weighted by Crippen LogP contribution is 2.33. The van der Waals surface area contributed by atoms with Crippen molar-refractivity contribution >= 4 is 17.8 Å². The van der Waals surface area contributed by atoms with Gasteiger partial charge < -0.3 is 10.3 Å². The zero-order valence-electron chi connectivity index (χ0n) is 26.3. The second-order valence-electron chi connectivity index (χ2n) is 11.8. The van der Waals surface area contributed by atoms with Crippen LogP contribution >= 0.6 is 0 Å². The Bertz CT molecular complexity index is 1360. The van der Waals surface area contributed by atoms with E-state index in [1.807, 2.05) is 44.6 Å². The van der Waals surface area contributed by atoms with Gasteiger partial charge >= 0.3 is 0 Å². The van der Waals surface area contributed by atoms with Crippen LogP contribution in [-0.2, 0) is 11.3 Å². The summed E-state index contributed by atoms with van der Waals surface area (Å²) in [6, 6.07) is 17.7. The monoisotopic (exact) mass is 569 g/mol. The Morgan fingerprint density at radius 2 is 1.71 bits per heavy atom. The van der Waals surface area contributed by atoms with Crippen LogP contribution in [0.2, 0.25) is 0 Å². The summed E-state index contributed by atoms with van der Waals surface area (Å²) in [7, 11) is 6.03. The third kappa shape index (κ3) is 8.17. The van der Waals surface area contributed by atoms with Crippen molar-refractivity contribution in [2.45, 2.75) is 53.1 Å². The van der Waals surface area contributed by atoms with Crippen LogP contribution in [-0.4, -0.2) is 77.3 Å². The van der Waals surface area contributed by atoms with Crippen LogP contribution in [0, 0.1) is 11.8 Å². The van der Waals surface area contributed by atoms with Crippen LogP contribution in [0.5, 0.6) is 0 Å². The molecule has 2 aromatic carbocycles. The van der Waals surface area contributed by atoms with Gasteiger partial charge in [-0.1, -0.05) is 76.2 Å². The van der Waals surface area contributed by atoms with Crippen molar-refractivity contribution in [2.75, 3.05) is 34.2 Å². The first-order valence-corrected chi connectivity index (χ1v) is 15.1. The second-order valence-corrected chi connectivity index (χ2v) is 11.8. The summed E-state index contributed by atoms with van der Waals surface area (Å²) in [6.45, 7) is 10.5. The molecule has 0 aliphatic heterocycles. The number of benzene rings is 2. The van der Waals surface area contributed by atoms with Crippen LogP contribution in [0.4, 0.5) is 0 Å². The fraction of sp³-hybridized carbons (Fsp3) is 0.441. The minimum absolute atomic E-state index is 0.110. The minimum atomic E-state index is 0.110. The van der Waals surface area contributed by atoms with E-state index in [2.05, 4.69) is 102 Å². The molecule has 8 heteroatoms. The highest BCUT2D eigenvalue weighted by molar-refractivity contribution is 5.76. The van der Waals surface area contributed by atoms with E-state index in [4.69, 9.17) is 0 Å². The Kier molecular flexibility index (Phi) is 10.7. The number of imidazole rings is 1. The van der Waals surface area contributed by atoms with Gasteiger partial charge in [0.05, 0.1) is 30.3 Å². The summed E-state index contributed by atoms with van der Waals surface area (Å²) in [6.07, 6.45) is 7.52. The average molecular weight is 570 g/mol. The number of hydrogen-bond donors (Lipinski definition) is 2. The molecule has 0 radical (unpaired) electrons. The Morgan fingerprint density at radius 1 is 1.10 bits per heavy atom. The molecule has 0 spiro atoms. The van der Waals surface area contributed by atoms with Crippen molar-refractivity contribution in [3.8, 4) is 22.4 Å². The number of nitrogens with one attached hydrogen (secondary N) is 2. The first kappa shape index (κ1) is 31.2. The van der Waals surface area contributed by atoms with Crippen LogP contribution in [0.15, 0.2) is 65.9 Å². The average Bonchev–Trinajstić information content (AvgIpc) is 3.54. The maximum absolute atomic E-state index is 12.8. The van der Waals surface area contributed by atoms with Gasteiger partial charge in [-0.2, -0.15) is 0 Å². The molecule has 0 bridgehead atoms. The summed E-state index contributed by atoms with van der Waals surface area (Å²) in [5, 5.41) is 7.00. The Hall–Kier alpha value is -3.75. The van der Waals surface area contributed by atoms with Gasteiger partial charge in [-0.05, 0) is 47.6 Å². The third-order valence-electron chi connectivity index (χ3n) is 7.97. The molecule has 1 amide bonds. The van der Waals surface area contributed by atoms with Gasteiger partial charge in [0.2, 0.25) is 5.91 Å². The smallest absolute Gasteiger partial charge is 0.237 e. The largest absolute Gasteiger partial charge is 0.386 e. The van der Waals surface area contributed by atoms with Gasteiger partial charge in [-0.3, -0.25) is 19.7 Å². The molecular formula is C34H47N7O. The maximum Gasteiger partial charge on any atom is 0.237 e. The predicted octanol–water partition coefficient (Wildman–Crippen LogP) is 5.91. The lowest BCUT2D eigenvalue weighted by atomic mass is 10.0. The second kappa shape index (κ2) is 14.4. The molecule has 2 N–H and O–H groups in total. The van der Waals surface area contributed by atoms with E-state index in [0.717, 1.165) is 58.5 Å². The topological polar surface area (TPSA) is 79.9 Å². The van der Waals surface area contributed by atoms with Crippen molar-refractivity contribution in [2.24, 2.45) is 16.8 Å². The molecule has 0 saturated heterocycles. The van der Waals surface area contributed by atoms with Gasteiger partial charge in [0, 0.05) is 45.9 Å². The Balaban J connectivity index is 1.39. The molecule has 42 heavy (non-hydrogen) atoms. The highest BCUT2D eigenvalue weighted by Gasteiger charge is 2.35. The highest BCUT2D eigenvalue weighted by atomic mass is 16.2. The van der Waals surface area contributed by atoms with Crippen LogP contribution in [0.1, 0.15) is 51.9 Å². The zero-order chi connectivity index (χ0) is 30.2. The molecule has 3 aromatic rings. The number of H-pyrrole nitrogens is 1. The molecule has 4 rings (SSSR count).